The highest BCUT2D eigenvalue weighted by atomic mass is 32.1. The van der Waals surface area contributed by atoms with E-state index in [9.17, 15) is 14.4 Å². The van der Waals surface area contributed by atoms with Crippen molar-refractivity contribution in [2.45, 2.75) is 51.6 Å². The molecule has 1 aliphatic heterocycles. The third-order valence-corrected chi connectivity index (χ3v) is 6.73. The van der Waals surface area contributed by atoms with E-state index in [0.29, 0.717) is 17.1 Å². The van der Waals surface area contributed by atoms with Gasteiger partial charge in [0.2, 0.25) is 0 Å². The zero-order valence-electron chi connectivity index (χ0n) is 17.5. The lowest BCUT2D eigenvalue weighted by molar-refractivity contribution is -0.131. The molecule has 1 unspecified atom stereocenters. The van der Waals surface area contributed by atoms with E-state index in [1.165, 1.54) is 18.3 Å². The van der Waals surface area contributed by atoms with Crippen LogP contribution in [0, 0.1) is 0 Å². The Morgan fingerprint density at radius 1 is 1.13 bits per heavy atom. The Labute approximate surface area is 185 Å². The monoisotopic (exact) mass is 442 g/mol. The van der Waals surface area contributed by atoms with Crippen LogP contribution in [0.3, 0.4) is 0 Å². The Morgan fingerprint density at radius 3 is 2.71 bits per heavy atom. The van der Waals surface area contributed by atoms with Crippen LogP contribution in [0.15, 0.2) is 24.3 Å². The van der Waals surface area contributed by atoms with Crippen LogP contribution >= 0.6 is 11.3 Å². The standard InChI is InChI=1S/C23H26N2O5S/c1-14(26)30-18-10-4-2-8-16(18)21(27)25-23-20(17-9-3-5-11-19(17)31-23)22(28)24-13-15-7-6-12-29-15/h2,4,8,10,15H,3,5-7,9,11-13H2,1H3,(H,24,28)(H,25,27). The fourth-order valence-electron chi connectivity index (χ4n) is 4.06. The number of carbonyl (C=O) groups excluding carboxylic acids is 3. The predicted octanol–water partition coefficient (Wildman–Crippen LogP) is 3.71. The molecule has 31 heavy (non-hydrogen) atoms. The first-order valence-corrected chi connectivity index (χ1v) is 11.5. The first-order valence-electron chi connectivity index (χ1n) is 10.7. The Morgan fingerprint density at radius 2 is 1.94 bits per heavy atom. The summed E-state index contributed by atoms with van der Waals surface area (Å²) < 4.78 is 10.8. The van der Waals surface area contributed by atoms with Crippen molar-refractivity contribution in [1.29, 1.82) is 0 Å². The number of esters is 1. The fraction of sp³-hybridized carbons (Fsp3) is 0.435. The molecular formula is C23H26N2O5S. The van der Waals surface area contributed by atoms with Gasteiger partial charge in [0.1, 0.15) is 10.8 Å². The van der Waals surface area contributed by atoms with Crippen molar-refractivity contribution in [1.82, 2.24) is 5.32 Å². The predicted molar refractivity (Wildman–Crippen MR) is 118 cm³/mol. The first-order chi connectivity index (χ1) is 15.0. The molecule has 0 radical (unpaired) electrons. The minimum Gasteiger partial charge on any atom is -0.426 e. The Bertz CT molecular complexity index is 994. The van der Waals surface area contributed by atoms with Crippen molar-refractivity contribution in [3.05, 3.63) is 45.8 Å². The molecule has 0 bridgehead atoms. The average Bonchev–Trinajstić information content (AvgIpc) is 3.39. The SMILES string of the molecule is CC(=O)Oc1ccccc1C(=O)Nc1sc2c(c1C(=O)NCC1CCCO1)CCCC2. The maximum atomic E-state index is 13.1. The maximum absolute atomic E-state index is 13.1. The van der Waals surface area contributed by atoms with Gasteiger partial charge in [0, 0.05) is 25.0 Å². The Hall–Kier alpha value is -2.71. The molecule has 1 fully saturated rings. The number of hydrogen-bond acceptors (Lipinski definition) is 6. The van der Waals surface area contributed by atoms with Crippen LogP contribution in [-0.4, -0.2) is 37.0 Å². The smallest absolute Gasteiger partial charge is 0.308 e. The molecule has 1 aliphatic carbocycles. The molecule has 0 saturated carbocycles. The number of nitrogens with one attached hydrogen (secondary N) is 2. The number of thiophene rings is 1. The molecule has 1 saturated heterocycles. The first kappa shape index (κ1) is 21.5. The van der Waals surface area contributed by atoms with E-state index in [2.05, 4.69) is 10.6 Å². The molecule has 2 aromatic rings. The van der Waals surface area contributed by atoms with Gasteiger partial charge in [-0.05, 0) is 56.2 Å². The summed E-state index contributed by atoms with van der Waals surface area (Å²) in [4.78, 5) is 38.7. The molecule has 4 rings (SSSR count). The molecule has 8 heteroatoms. The number of amides is 2. The van der Waals surface area contributed by atoms with Gasteiger partial charge in [0.25, 0.3) is 11.8 Å². The molecule has 2 amide bonds. The number of aryl methyl sites for hydroxylation is 1. The second-order valence-corrected chi connectivity index (χ2v) is 8.91. The van der Waals surface area contributed by atoms with E-state index in [-0.39, 0.29) is 23.3 Å². The summed E-state index contributed by atoms with van der Waals surface area (Å²) in [5.74, 6) is -0.902. The molecule has 0 spiro atoms. The van der Waals surface area contributed by atoms with Gasteiger partial charge in [-0.3, -0.25) is 14.4 Å². The van der Waals surface area contributed by atoms with Crippen LogP contribution in [0.5, 0.6) is 5.75 Å². The van der Waals surface area contributed by atoms with Crippen LogP contribution < -0.4 is 15.4 Å². The van der Waals surface area contributed by atoms with Gasteiger partial charge in [0.15, 0.2) is 0 Å². The normalized spacial score (nSPS) is 17.6. The summed E-state index contributed by atoms with van der Waals surface area (Å²) in [6.07, 6.45) is 5.84. The molecule has 1 aromatic heterocycles. The lowest BCUT2D eigenvalue weighted by Crippen LogP contribution is -2.32. The Kier molecular flexibility index (Phi) is 6.67. The quantitative estimate of drug-likeness (QED) is 0.525. The van der Waals surface area contributed by atoms with Crippen LogP contribution in [0.2, 0.25) is 0 Å². The number of fused-ring (bicyclic) bond motifs is 1. The van der Waals surface area contributed by atoms with Crippen molar-refractivity contribution in [3.63, 3.8) is 0 Å². The molecule has 1 aromatic carbocycles. The van der Waals surface area contributed by atoms with Crippen molar-refractivity contribution in [3.8, 4) is 5.75 Å². The van der Waals surface area contributed by atoms with Gasteiger partial charge in [-0.25, -0.2) is 0 Å². The van der Waals surface area contributed by atoms with Gasteiger partial charge in [-0.15, -0.1) is 11.3 Å². The summed E-state index contributed by atoms with van der Waals surface area (Å²) in [5, 5.41) is 6.43. The summed E-state index contributed by atoms with van der Waals surface area (Å²) in [6, 6.07) is 6.57. The molecule has 164 valence electrons. The van der Waals surface area contributed by atoms with E-state index in [0.717, 1.165) is 55.6 Å². The highest BCUT2D eigenvalue weighted by Gasteiger charge is 2.28. The van der Waals surface area contributed by atoms with Gasteiger partial charge >= 0.3 is 5.97 Å². The minimum atomic E-state index is -0.499. The number of rotatable bonds is 6. The summed E-state index contributed by atoms with van der Waals surface area (Å²) in [6.45, 7) is 2.49. The molecule has 2 N–H and O–H groups in total. The van der Waals surface area contributed by atoms with E-state index >= 15 is 0 Å². The van der Waals surface area contributed by atoms with E-state index < -0.39 is 11.9 Å². The van der Waals surface area contributed by atoms with E-state index in [1.54, 1.807) is 24.3 Å². The highest BCUT2D eigenvalue weighted by Crippen LogP contribution is 2.38. The molecule has 2 aliphatic rings. The number of carbonyl (C=O) groups is 3. The lowest BCUT2D eigenvalue weighted by Gasteiger charge is -2.15. The topological polar surface area (TPSA) is 93.7 Å². The van der Waals surface area contributed by atoms with Crippen molar-refractivity contribution in [2.24, 2.45) is 0 Å². The zero-order valence-corrected chi connectivity index (χ0v) is 18.3. The second-order valence-electron chi connectivity index (χ2n) is 7.80. The lowest BCUT2D eigenvalue weighted by atomic mass is 9.95. The number of benzene rings is 1. The second kappa shape index (κ2) is 9.62. The third-order valence-electron chi connectivity index (χ3n) is 5.53. The van der Waals surface area contributed by atoms with Gasteiger partial charge in [0.05, 0.1) is 17.2 Å². The average molecular weight is 443 g/mol. The van der Waals surface area contributed by atoms with Crippen molar-refractivity contribution >= 4 is 34.1 Å². The molecule has 2 heterocycles. The summed E-state index contributed by atoms with van der Waals surface area (Å²) in [5.41, 5.74) is 1.83. The van der Waals surface area contributed by atoms with Gasteiger partial charge in [-0.1, -0.05) is 12.1 Å². The molecular weight excluding hydrogens is 416 g/mol. The van der Waals surface area contributed by atoms with E-state index in [4.69, 9.17) is 9.47 Å². The van der Waals surface area contributed by atoms with E-state index in [1.807, 2.05) is 0 Å². The minimum absolute atomic E-state index is 0.0482. The van der Waals surface area contributed by atoms with Gasteiger partial charge in [-0.2, -0.15) is 0 Å². The third kappa shape index (κ3) is 4.97. The number of hydrogen-bond donors (Lipinski definition) is 2. The van der Waals surface area contributed by atoms with Crippen molar-refractivity contribution in [2.75, 3.05) is 18.5 Å². The zero-order chi connectivity index (χ0) is 21.8. The van der Waals surface area contributed by atoms with Crippen LogP contribution in [0.25, 0.3) is 0 Å². The molecule has 7 nitrogen and oxygen atoms in total. The van der Waals surface area contributed by atoms with Crippen LogP contribution in [0.1, 0.15) is 63.8 Å². The number of anilines is 1. The Balaban J connectivity index is 1.58. The largest absolute Gasteiger partial charge is 0.426 e. The van der Waals surface area contributed by atoms with Crippen LogP contribution in [0.4, 0.5) is 5.00 Å². The number of para-hydroxylation sites is 1. The van der Waals surface area contributed by atoms with Crippen LogP contribution in [-0.2, 0) is 22.4 Å². The fourth-order valence-corrected chi connectivity index (χ4v) is 5.34. The summed E-state index contributed by atoms with van der Waals surface area (Å²) >= 11 is 1.46. The maximum Gasteiger partial charge on any atom is 0.308 e. The molecule has 1 atom stereocenters. The van der Waals surface area contributed by atoms with Crippen molar-refractivity contribution < 1.29 is 23.9 Å². The highest BCUT2D eigenvalue weighted by molar-refractivity contribution is 7.17. The van der Waals surface area contributed by atoms with Gasteiger partial charge < -0.3 is 20.1 Å². The summed E-state index contributed by atoms with van der Waals surface area (Å²) in [7, 11) is 0. The number of ether oxygens (including phenoxy) is 2.